The van der Waals surface area contributed by atoms with Gasteiger partial charge in [-0.1, -0.05) is 84.9 Å². The molecule has 3 aromatic carbocycles. The van der Waals surface area contributed by atoms with E-state index in [1.54, 1.807) is 24.3 Å². The van der Waals surface area contributed by atoms with Gasteiger partial charge in [-0.3, -0.25) is 4.79 Å². The van der Waals surface area contributed by atoms with Crippen LogP contribution in [0.2, 0.25) is 0 Å². The van der Waals surface area contributed by atoms with Crippen molar-refractivity contribution in [1.82, 2.24) is 5.43 Å². The zero-order valence-electron chi connectivity index (χ0n) is 14.5. The highest BCUT2D eigenvalue weighted by atomic mass is 16.3. The predicted molar refractivity (Wildman–Crippen MR) is 104 cm³/mol. The summed E-state index contributed by atoms with van der Waals surface area (Å²) in [5.41, 5.74) is 6.79. The number of amides is 1. The Bertz CT molecular complexity index is 888. The third-order valence-electron chi connectivity index (χ3n) is 4.11. The molecule has 3 aromatic rings. The van der Waals surface area contributed by atoms with E-state index in [-0.39, 0.29) is 0 Å². The van der Waals surface area contributed by atoms with Gasteiger partial charge in [0.1, 0.15) is 0 Å². The third kappa shape index (κ3) is 4.23. The van der Waals surface area contributed by atoms with Crippen molar-refractivity contribution in [3.8, 4) is 11.1 Å². The number of aliphatic hydroxyl groups is 1. The number of benzene rings is 3. The average molecular weight is 344 g/mol. The van der Waals surface area contributed by atoms with Gasteiger partial charge in [-0.25, -0.2) is 5.43 Å². The van der Waals surface area contributed by atoms with Crippen molar-refractivity contribution in [3.63, 3.8) is 0 Å². The SMILES string of the molecule is C/C(=N\NC(=O)C(O)c1ccccc1)c1ccc(-c2ccccc2)cc1. The molecule has 0 aromatic heterocycles. The molecule has 0 spiro atoms. The number of carbonyl (C=O) groups is 1. The number of rotatable bonds is 5. The minimum atomic E-state index is -1.24. The fourth-order valence-electron chi connectivity index (χ4n) is 2.59. The first kappa shape index (κ1) is 17.6. The van der Waals surface area contributed by atoms with E-state index in [0.717, 1.165) is 16.7 Å². The van der Waals surface area contributed by atoms with Crippen molar-refractivity contribution >= 4 is 11.6 Å². The molecule has 0 aliphatic carbocycles. The maximum atomic E-state index is 12.1. The van der Waals surface area contributed by atoms with E-state index in [2.05, 4.69) is 22.7 Å². The second-order valence-corrected chi connectivity index (χ2v) is 5.93. The molecule has 4 heteroatoms. The maximum Gasteiger partial charge on any atom is 0.273 e. The van der Waals surface area contributed by atoms with Crippen LogP contribution in [0.5, 0.6) is 0 Å². The van der Waals surface area contributed by atoms with E-state index in [4.69, 9.17) is 0 Å². The molecular weight excluding hydrogens is 324 g/mol. The standard InChI is InChI=1S/C22H20N2O2/c1-16(23-24-22(26)21(25)20-10-6-3-7-11-20)17-12-14-19(15-13-17)18-8-4-2-5-9-18/h2-15,21,25H,1H3,(H,24,26)/b23-16+. The lowest BCUT2D eigenvalue weighted by molar-refractivity contribution is -0.129. The molecule has 1 amide bonds. The molecule has 4 nitrogen and oxygen atoms in total. The molecule has 0 saturated carbocycles. The minimum Gasteiger partial charge on any atom is -0.378 e. The molecule has 1 atom stereocenters. The van der Waals surface area contributed by atoms with Crippen LogP contribution in [0.1, 0.15) is 24.2 Å². The van der Waals surface area contributed by atoms with Crippen LogP contribution in [0, 0.1) is 0 Å². The molecule has 0 bridgehead atoms. The zero-order valence-corrected chi connectivity index (χ0v) is 14.5. The maximum absolute atomic E-state index is 12.1. The van der Waals surface area contributed by atoms with E-state index < -0.39 is 12.0 Å². The summed E-state index contributed by atoms with van der Waals surface area (Å²) in [7, 11) is 0. The molecule has 0 heterocycles. The van der Waals surface area contributed by atoms with E-state index in [0.29, 0.717) is 11.3 Å². The molecule has 0 radical (unpaired) electrons. The van der Waals surface area contributed by atoms with Gasteiger partial charge in [-0.15, -0.1) is 0 Å². The first-order valence-corrected chi connectivity index (χ1v) is 8.38. The Kier molecular flexibility index (Phi) is 5.56. The summed E-state index contributed by atoms with van der Waals surface area (Å²) in [4.78, 5) is 12.1. The predicted octanol–water partition coefficient (Wildman–Crippen LogP) is 3.93. The van der Waals surface area contributed by atoms with Gasteiger partial charge in [0.2, 0.25) is 0 Å². The van der Waals surface area contributed by atoms with Crippen molar-refractivity contribution in [2.75, 3.05) is 0 Å². The van der Waals surface area contributed by atoms with E-state index in [9.17, 15) is 9.90 Å². The molecule has 0 aliphatic heterocycles. The van der Waals surface area contributed by atoms with Crippen LogP contribution < -0.4 is 5.43 Å². The topological polar surface area (TPSA) is 61.7 Å². The summed E-state index contributed by atoms with van der Waals surface area (Å²) < 4.78 is 0. The Morgan fingerprint density at radius 3 is 2.00 bits per heavy atom. The van der Waals surface area contributed by atoms with Crippen molar-refractivity contribution < 1.29 is 9.90 Å². The number of hydrazone groups is 1. The number of hydrogen-bond donors (Lipinski definition) is 2. The molecule has 130 valence electrons. The van der Waals surface area contributed by atoms with Gasteiger partial charge in [0.25, 0.3) is 5.91 Å². The molecule has 0 aliphatic rings. The second-order valence-electron chi connectivity index (χ2n) is 5.93. The summed E-state index contributed by atoms with van der Waals surface area (Å²) >= 11 is 0. The quantitative estimate of drug-likeness (QED) is 0.544. The lowest BCUT2D eigenvalue weighted by atomic mass is 10.0. The highest BCUT2D eigenvalue weighted by Crippen LogP contribution is 2.19. The van der Waals surface area contributed by atoms with Crippen molar-refractivity contribution in [2.45, 2.75) is 13.0 Å². The number of carbonyl (C=O) groups excluding carboxylic acids is 1. The summed E-state index contributed by atoms with van der Waals surface area (Å²) in [6.07, 6.45) is -1.24. The zero-order chi connectivity index (χ0) is 18.4. The number of nitrogens with zero attached hydrogens (tertiary/aromatic N) is 1. The van der Waals surface area contributed by atoms with Gasteiger partial charge in [0.15, 0.2) is 6.10 Å². The Morgan fingerprint density at radius 2 is 1.38 bits per heavy atom. The summed E-state index contributed by atoms with van der Waals surface area (Å²) in [5, 5.41) is 14.2. The summed E-state index contributed by atoms with van der Waals surface area (Å²) in [5.74, 6) is -0.559. The Hall–Kier alpha value is -3.24. The monoisotopic (exact) mass is 344 g/mol. The highest BCUT2D eigenvalue weighted by molar-refractivity contribution is 5.99. The van der Waals surface area contributed by atoms with Gasteiger partial charge in [0.05, 0.1) is 5.71 Å². The highest BCUT2D eigenvalue weighted by Gasteiger charge is 2.16. The van der Waals surface area contributed by atoms with E-state index in [1.807, 2.05) is 55.5 Å². The first-order chi connectivity index (χ1) is 12.6. The van der Waals surface area contributed by atoms with Gasteiger partial charge < -0.3 is 5.11 Å². The van der Waals surface area contributed by atoms with Gasteiger partial charge in [0, 0.05) is 0 Å². The number of aliphatic hydroxyl groups excluding tert-OH is 1. The van der Waals surface area contributed by atoms with Crippen molar-refractivity contribution in [3.05, 3.63) is 96.1 Å². The summed E-state index contributed by atoms with van der Waals surface area (Å²) in [6, 6.07) is 26.8. The van der Waals surface area contributed by atoms with Crippen LogP contribution >= 0.6 is 0 Å². The smallest absolute Gasteiger partial charge is 0.273 e. The van der Waals surface area contributed by atoms with Crippen LogP contribution in [0.3, 0.4) is 0 Å². The third-order valence-corrected chi connectivity index (χ3v) is 4.11. The van der Waals surface area contributed by atoms with Crippen molar-refractivity contribution in [1.29, 1.82) is 0 Å². The normalized spacial score (nSPS) is 12.5. The second kappa shape index (κ2) is 8.23. The molecule has 1 unspecified atom stereocenters. The summed E-state index contributed by atoms with van der Waals surface area (Å²) in [6.45, 7) is 1.81. The van der Waals surface area contributed by atoms with Crippen molar-refractivity contribution in [2.24, 2.45) is 5.10 Å². The first-order valence-electron chi connectivity index (χ1n) is 8.38. The Labute approximate surface area is 152 Å². The molecule has 3 rings (SSSR count). The van der Waals surface area contributed by atoms with Crippen LogP contribution in [0.4, 0.5) is 0 Å². The fraction of sp³-hybridized carbons (Fsp3) is 0.0909. The van der Waals surface area contributed by atoms with Gasteiger partial charge >= 0.3 is 0 Å². The Balaban J connectivity index is 1.67. The molecule has 26 heavy (non-hydrogen) atoms. The van der Waals surface area contributed by atoms with Crippen LogP contribution in [-0.2, 0) is 4.79 Å². The molecular formula is C22H20N2O2. The van der Waals surface area contributed by atoms with E-state index in [1.165, 1.54) is 0 Å². The number of hydrogen-bond acceptors (Lipinski definition) is 3. The van der Waals surface area contributed by atoms with Crippen LogP contribution in [0.25, 0.3) is 11.1 Å². The largest absolute Gasteiger partial charge is 0.378 e. The van der Waals surface area contributed by atoms with Crippen LogP contribution in [-0.4, -0.2) is 16.7 Å². The molecule has 0 saturated heterocycles. The Morgan fingerprint density at radius 1 is 0.846 bits per heavy atom. The minimum absolute atomic E-state index is 0.532. The molecule has 2 N–H and O–H groups in total. The van der Waals surface area contributed by atoms with E-state index >= 15 is 0 Å². The lowest BCUT2D eigenvalue weighted by Crippen LogP contribution is -2.26. The van der Waals surface area contributed by atoms with Crippen LogP contribution in [0.15, 0.2) is 90.0 Å². The lowest BCUT2D eigenvalue weighted by Gasteiger charge is -2.10. The average Bonchev–Trinajstić information content (AvgIpc) is 2.72. The fourth-order valence-corrected chi connectivity index (χ4v) is 2.59. The van der Waals surface area contributed by atoms with Gasteiger partial charge in [-0.2, -0.15) is 5.10 Å². The number of nitrogens with one attached hydrogen (secondary N) is 1. The molecule has 0 fully saturated rings. The van der Waals surface area contributed by atoms with Gasteiger partial charge in [-0.05, 0) is 29.2 Å².